The van der Waals surface area contributed by atoms with Crippen LogP contribution in [0.15, 0.2) is 46.9 Å². The van der Waals surface area contributed by atoms with Crippen molar-refractivity contribution >= 4 is 27.5 Å². The van der Waals surface area contributed by atoms with Gasteiger partial charge in [0.05, 0.1) is 0 Å². The molecule has 0 radical (unpaired) electrons. The van der Waals surface area contributed by atoms with Crippen LogP contribution in [0.4, 0.5) is 5.69 Å². The molecule has 0 unspecified atom stereocenters. The van der Waals surface area contributed by atoms with Crippen LogP contribution in [0.2, 0.25) is 0 Å². The molecular formula is C19H22BrNO2. The average molecular weight is 376 g/mol. The lowest BCUT2D eigenvalue weighted by Crippen LogP contribution is -2.20. The second kappa shape index (κ2) is 7.18. The summed E-state index contributed by atoms with van der Waals surface area (Å²) in [6.45, 7) is 8.46. The lowest BCUT2D eigenvalue weighted by atomic mass is 9.87. The van der Waals surface area contributed by atoms with Crippen molar-refractivity contribution in [3.05, 3.63) is 58.1 Å². The van der Waals surface area contributed by atoms with Crippen molar-refractivity contribution in [3.63, 3.8) is 0 Å². The largest absolute Gasteiger partial charge is 0.484 e. The maximum Gasteiger partial charge on any atom is 0.262 e. The first-order chi connectivity index (χ1) is 10.8. The molecule has 2 aromatic carbocycles. The van der Waals surface area contributed by atoms with Crippen LogP contribution in [0.1, 0.15) is 31.9 Å². The number of carbonyl (C=O) groups is 1. The predicted octanol–water partition coefficient (Wildman–Crippen LogP) is 5.07. The van der Waals surface area contributed by atoms with Gasteiger partial charge in [0.2, 0.25) is 0 Å². The Kier molecular flexibility index (Phi) is 5.47. The highest BCUT2D eigenvalue weighted by atomic mass is 79.9. The summed E-state index contributed by atoms with van der Waals surface area (Å²) < 4.78 is 6.56. The summed E-state index contributed by atoms with van der Waals surface area (Å²) >= 11 is 3.44. The number of amides is 1. The third-order valence-corrected chi connectivity index (χ3v) is 4.42. The zero-order valence-electron chi connectivity index (χ0n) is 13.9. The summed E-state index contributed by atoms with van der Waals surface area (Å²) in [5.74, 6) is 0.520. The summed E-state index contributed by atoms with van der Waals surface area (Å²) in [6, 6.07) is 13.6. The van der Waals surface area contributed by atoms with E-state index in [2.05, 4.69) is 42.0 Å². The fourth-order valence-corrected chi connectivity index (χ4v) is 2.37. The summed E-state index contributed by atoms with van der Waals surface area (Å²) in [4.78, 5) is 12.0. The molecule has 1 amide bonds. The molecule has 0 heterocycles. The third-order valence-electron chi connectivity index (χ3n) is 3.53. The Hall–Kier alpha value is -1.81. The Labute approximate surface area is 146 Å². The molecule has 0 bridgehead atoms. The van der Waals surface area contributed by atoms with Crippen molar-refractivity contribution in [2.45, 2.75) is 33.1 Å². The molecule has 122 valence electrons. The van der Waals surface area contributed by atoms with Gasteiger partial charge in [0.1, 0.15) is 5.75 Å². The first-order valence-electron chi connectivity index (χ1n) is 7.55. The smallest absolute Gasteiger partial charge is 0.262 e. The van der Waals surface area contributed by atoms with E-state index in [9.17, 15) is 4.79 Å². The van der Waals surface area contributed by atoms with Crippen molar-refractivity contribution in [1.82, 2.24) is 0 Å². The van der Waals surface area contributed by atoms with Gasteiger partial charge in [0.15, 0.2) is 6.61 Å². The molecule has 0 aliphatic heterocycles. The van der Waals surface area contributed by atoms with Gasteiger partial charge in [-0.1, -0.05) is 48.8 Å². The highest BCUT2D eigenvalue weighted by molar-refractivity contribution is 9.10. The van der Waals surface area contributed by atoms with Crippen LogP contribution in [-0.4, -0.2) is 12.5 Å². The number of hydrogen-bond donors (Lipinski definition) is 1. The van der Waals surface area contributed by atoms with Crippen LogP contribution in [0.5, 0.6) is 5.75 Å². The lowest BCUT2D eigenvalue weighted by molar-refractivity contribution is -0.118. The Morgan fingerprint density at radius 2 is 1.78 bits per heavy atom. The topological polar surface area (TPSA) is 38.3 Å². The van der Waals surface area contributed by atoms with Crippen molar-refractivity contribution in [2.24, 2.45) is 0 Å². The zero-order valence-corrected chi connectivity index (χ0v) is 15.5. The van der Waals surface area contributed by atoms with E-state index in [4.69, 9.17) is 4.74 Å². The summed E-state index contributed by atoms with van der Waals surface area (Å²) in [5.41, 5.74) is 3.18. The zero-order chi connectivity index (χ0) is 17.0. The van der Waals surface area contributed by atoms with Crippen LogP contribution in [-0.2, 0) is 10.2 Å². The van der Waals surface area contributed by atoms with Crippen molar-refractivity contribution in [1.29, 1.82) is 0 Å². The highest BCUT2D eigenvalue weighted by Gasteiger charge is 2.13. The molecule has 0 saturated heterocycles. The minimum Gasteiger partial charge on any atom is -0.484 e. The minimum absolute atomic E-state index is 0.00994. The fraction of sp³-hybridized carbons (Fsp3) is 0.316. The molecule has 2 rings (SSSR count). The normalized spacial score (nSPS) is 11.2. The first-order valence-corrected chi connectivity index (χ1v) is 8.34. The van der Waals surface area contributed by atoms with Gasteiger partial charge >= 0.3 is 0 Å². The van der Waals surface area contributed by atoms with E-state index < -0.39 is 0 Å². The molecule has 0 fully saturated rings. The van der Waals surface area contributed by atoms with Crippen LogP contribution < -0.4 is 10.1 Å². The third kappa shape index (κ3) is 5.10. The molecule has 2 aromatic rings. The lowest BCUT2D eigenvalue weighted by Gasteiger charge is -2.19. The number of ether oxygens (including phenoxy) is 1. The summed E-state index contributed by atoms with van der Waals surface area (Å²) in [6.07, 6.45) is 0. The second-order valence-corrected chi connectivity index (χ2v) is 7.43. The standard InChI is InChI=1S/C19H22BrNO2/c1-13-11-15(7-10-17(13)20)21-18(22)12-23-16-8-5-14(6-9-16)19(2,3)4/h5-11H,12H2,1-4H3,(H,21,22). The molecule has 0 atom stereocenters. The van der Waals surface area contributed by atoms with Crippen molar-refractivity contribution in [2.75, 3.05) is 11.9 Å². The van der Waals surface area contributed by atoms with E-state index in [0.717, 1.165) is 15.7 Å². The number of benzene rings is 2. The molecule has 0 aliphatic carbocycles. The second-order valence-electron chi connectivity index (χ2n) is 6.58. The molecule has 1 N–H and O–H groups in total. The summed E-state index contributed by atoms with van der Waals surface area (Å²) in [7, 11) is 0. The van der Waals surface area contributed by atoms with Crippen LogP contribution in [0.3, 0.4) is 0 Å². The van der Waals surface area contributed by atoms with Gasteiger partial charge in [-0.2, -0.15) is 0 Å². The number of carbonyl (C=O) groups excluding carboxylic acids is 1. The number of rotatable bonds is 4. The molecule has 4 heteroatoms. The van der Waals surface area contributed by atoms with Gasteiger partial charge in [-0.05, 0) is 53.8 Å². The van der Waals surface area contributed by atoms with E-state index >= 15 is 0 Å². The monoisotopic (exact) mass is 375 g/mol. The Morgan fingerprint density at radius 3 is 2.35 bits per heavy atom. The van der Waals surface area contributed by atoms with Gasteiger partial charge in [0.25, 0.3) is 5.91 Å². The molecule has 0 saturated carbocycles. The molecule has 3 nitrogen and oxygen atoms in total. The maximum absolute atomic E-state index is 12.0. The van der Waals surface area contributed by atoms with E-state index in [0.29, 0.717) is 5.75 Å². The van der Waals surface area contributed by atoms with Crippen LogP contribution >= 0.6 is 15.9 Å². The van der Waals surface area contributed by atoms with E-state index in [1.54, 1.807) is 0 Å². The van der Waals surface area contributed by atoms with Gasteiger partial charge < -0.3 is 10.1 Å². The molecule has 0 spiro atoms. The SMILES string of the molecule is Cc1cc(NC(=O)COc2ccc(C(C)(C)C)cc2)ccc1Br. The number of hydrogen-bond acceptors (Lipinski definition) is 2. The van der Waals surface area contributed by atoms with Crippen molar-refractivity contribution < 1.29 is 9.53 Å². The van der Waals surface area contributed by atoms with Gasteiger partial charge in [-0.15, -0.1) is 0 Å². The molecule has 0 aliphatic rings. The van der Waals surface area contributed by atoms with Gasteiger partial charge in [0, 0.05) is 10.2 Å². The highest BCUT2D eigenvalue weighted by Crippen LogP contribution is 2.24. The van der Waals surface area contributed by atoms with E-state index in [-0.39, 0.29) is 17.9 Å². The Morgan fingerprint density at radius 1 is 1.13 bits per heavy atom. The Balaban J connectivity index is 1.90. The first kappa shape index (κ1) is 17.5. The van der Waals surface area contributed by atoms with Crippen LogP contribution in [0, 0.1) is 6.92 Å². The quantitative estimate of drug-likeness (QED) is 0.809. The Bertz CT molecular complexity index is 688. The maximum atomic E-state index is 12.0. The van der Waals surface area contributed by atoms with E-state index in [1.165, 1.54) is 5.56 Å². The molecule has 23 heavy (non-hydrogen) atoms. The number of anilines is 1. The number of halogens is 1. The molecule has 0 aromatic heterocycles. The molecular weight excluding hydrogens is 354 g/mol. The van der Waals surface area contributed by atoms with Crippen LogP contribution in [0.25, 0.3) is 0 Å². The van der Waals surface area contributed by atoms with E-state index in [1.807, 2.05) is 49.4 Å². The van der Waals surface area contributed by atoms with Crippen molar-refractivity contribution in [3.8, 4) is 5.75 Å². The summed E-state index contributed by atoms with van der Waals surface area (Å²) in [5, 5.41) is 2.83. The number of nitrogens with one attached hydrogen (secondary N) is 1. The fourth-order valence-electron chi connectivity index (χ4n) is 2.12. The predicted molar refractivity (Wildman–Crippen MR) is 98.1 cm³/mol. The minimum atomic E-state index is -0.174. The van der Waals surface area contributed by atoms with Gasteiger partial charge in [-0.3, -0.25) is 4.79 Å². The number of aryl methyl sites for hydroxylation is 1. The van der Waals surface area contributed by atoms with Gasteiger partial charge in [-0.25, -0.2) is 0 Å². The average Bonchev–Trinajstić information content (AvgIpc) is 2.48.